The highest BCUT2D eigenvalue weighted by Crippen LogP contribution is 2.35. The van der Waals surface area contributed by atoms with Gasteiger partial charge in [-0.1, -0.05) is 24.3 Å². The molecular formula is C27H26N2O5. The first-order chi connectivity index (χ1) is 16.6. The molecule has 0 unspecified atom stereocenters. The molecule has 3 aromatic carbocycles. The second kappa shape index (κ2) is 10.6. The molecule has 7 heteroatoms. The predicted octanol–water partition coefficient (Wildman–Crippen LogP) is 5.01. The summed E-state index contributed by atoms with van der Waals surface area (Å²) in [7, 11) is 4.82. The fourth-order valence-corrected chi connectivity index (χ4v) is 3.60. The van der Waals surface area contributed by atoms with Crippen molar-refractivity contribution >= 4 is 5.91 Å². The van der Waals surface area contributed by atoms with Crippen LogP contribution in [0.2, 0.25) is 0 Å². The fourth-order valence-electron chi connectivity index (χ4n) is 3.60. The van der Waals surface area contributed by atoms with Gasteiger partial charge in [0, 0.05) is 18.2 Å². The van der Waals surface area contributed by atoms with Crippen LogP contribution < -0.4 is 19.5 Å². The molecule has 1 aromatic heterocycles. The Morgan fingerprint density at radius 2 is 1.62 bits per heavy atom. The van der Waals surface area contributed by atoms with Crippen LogP contribution in [0.4, 0.5) is 0 Å². The first-order valence-electron chi connectivity index (χ1n) is 10.8. The van der Waals surface area contributed by atoms with Crippen LogP contribution in [0.5, 0.6) is 17.2 Å². The third kappa shape index (κ3) is 5.04. The van der Waals surface area contributed by atoms with Crippen LogP contribution >= 0.6 is 0 Å². The predicted molar refractivity (Wildman–Crippen MR) is 130 cm³/mol. The fraction of sp³-hybridized carbons (Fsp3) is 0.185. The van der Waals surface area contributed by atoms with Crippen molar-refractivity contribution in [2.75, 3.05) is 27.9 Å². The molecule has 0 aliphatic rings. The van der Waals surface area contributed by atoms with Crippen molar-refractivity contribution in [3.05, 3.63) is 84.1 Å². The smallest absolute Gasteiger partial charge is 0.252 e. The zero-order valence-electron chi connectivity index (χ0n) is 19.3. The number of hydrogen-bond donors (Lipinski definition) is 1. The lowest BCUT2D eigenvalue weighted by Crippen LogP contribution is -2.26. The van der Waals surface area contributed by atoms with Gasteiger partial charge in [-0.15, -0.1) is 0 Å². The van der Waals surface area contributed by atoms with Gasteiger partial charge in [-0.3, -0.25) is 4.79 Å². The van der Waals surface area contributed by atoms with Crippen LogP contribution in [0.1, 0.15) is 15.9 Å². The summed E-state index contributed by atoms with van der Waals surface area (Å²) in [6, 6.07) is 20.5. The number of hydrogen-bond acceptors (Lipinski definition) is 6. The van der Waals surface area contributed by atoms with Gasteiger partial charge in [0.25, 0.3) is 5.91 Å². The molecule has 0 saturated carbocycles. The van der Waals surface area contributed by atoms with E-state index in [1.54, 1.807) is 39.7 Å². The summed E-state index contributed by atoms with van der Waals surface area (Å²) in [5.74, 6) is 2.78. The van der Waals surface area contributed by atoms with Crippen LogP contribution in [0, 0.1) is 0 Å². The van der Waals surface area contributed by atoms with E-state index >= 15 is 0 Å². The molecule has 0 aliphatic heterocycles. The van der Waals surface area contributed by atoms with E-state index in [4.69, 9.17) is 18.6 Å². The Balaban J connectivity index is 1.50. The molecule has 1 amide bonds. The standard InChI is InChI=1S/C27H26N2O5/c1-31-19-10-8-18(9-11-19)14-15-28-26(30)21-6-4-5-7-22(21)27-29-17-25(34-27)23-13-12-20(32-2)16-24(23)33-3/h4-13,16-17H,14-15H2,1-3H3,(H,28,30). The number of carbonyl (C=O) groups excluding carboxylic acids is 1. The van der Waals surface area contributed by atoms with Gasteiger partial charge in [0.2, 0.25) is 5.89 Å². The molecule has 7 nitrogen and oxygen atoms in total. The number of methoxy groups -OCH3 is 3. The van der Waals surface area contributed by atoms with Crippen molar-refractivity contribution in [3.8, 4) is 40.0 Å². The average molecular weight is 459 g/mol. The Labute approximate surface area is 198 Å². The molecule has 0 radical (unpaired) electrons. The van der Waals surface area contributed by atoms with Gasteiger partial charge in [-0.2, -0.15) is 0 Å². The molecule has 0 saturated heterocycles. The van der Waals surface area contributed by atoms with Gasteiger partial charge in [0.15, 0.2) is 5.76 Å². The number of benzene rings is 3. The first-order valence-corrected chi connectivity index (χ1v) is 10.8. The van der Waals surface area contributed by atoms with Gasteiger partial charge in [-0.25, -0.2) is 4.98 Å². The Bertz CT molecular complexity index is 1260. The lowest BCUT2D eigenvalue weighted by Gasteiger charge is -2.09. The van der Waals surface area contributed by atoms with Crippen LogP contribution in [0.25, 0.3) is 22.8 Å². The van der Waals surface area contributed by atoms with E-state index in [-0.39, 0.29) is 5.91 Å². The number of amides is 1. The molecule has 1 N–H and O–H groups in total. The van der Waals surface area contributed by atoms with E-state index in [1.807, 2.05) is 54.6 Å². The monoisotopic (exact) mass is 458 g/mol. The van der Waals surface area contributed by atoms with Gasteiger partial charge in [0.1, 0.15) is 17.2 Å². The first kappa shape index (κ1) is 22.9. The maximum Gasteiger partial charge on any atom is 0.252 e. The maximum absolute atomic E-state index is 12.9. The SMILES string of the molecule is COc1ccc(CCNC(=O)c2ccccc2-c2ncc(-c3ccc(OC)cc3OC)o2)cc1. The third-order valence-corrected chi connectivity index (χ3v) is 5.44. The molecule has 4 rings (SSSR count). The highest BCUT2D eigenvalue weighted by atomic mass is 16.5. The van der Waals surface area contributed by atoms with Crippen LogP contribution in [0.3, 0.4) is 0 Å². The summed E-state index contributed by atoms with van der Waals surface area (Å²) in [4.78, 5) is 17.4. The molecule has 0 aliphatic carbocycles. The lowest BCUT2D eigenvalue weighted by molar-refractivity contribution is 0.0954. The molecular weight excluding hydrogens is 432 g/mol. The van der Waals surface area contributed by atoms with E-state index in [0.29, 0.717) is 47.2 Å². The number of carbonyl (C=O) groups is 1. The number of nitrogens with one attached hydrogen (secondary N) is 1. The maximum atomic E-state index is 12.9. The largest absolute Gasteiger partial charge is 0.497 e. The minimum Gasteiger partial charge on any atom is -0.497 e. The summed E-state index contributed by atoms with van der Waals surface area (Å²) in [5.41, 5.74) is 2.96. The van der Waals surface area contributed by atoms with E-state index in [1.165, 1.54) is 0 Å². The topological polar surface area (TPSA) is 82.8 Å². The van der Waals surface area contributed by atoms with Crippen LogP contribution in [-0.2, 0) is 6.42 Å². The van der Waals surface area contributed by atoms with Gasteiger partial charge >= 0.3 is 0 Å². The van der Waals surface area contributed by atoms with Crippen molar-refractivity contribution in [3.63, 3.8) is 0 Å². The van der Waals surface area contributed by atoms with Gasteiger partial charge in [-0.05, 0) is 48.4 Å². The molecule has 34 heavy (non-hydrogen) atoms. The summed E-state index contributed by atoms with van der Waals surface area (Å²) in [6.45, 7) is 0.499. The van der Waals surface area contributed by atoms with Crippen molar-refractivity contribution in [1.82, 2.24) is 10.3 Å². The summed E-state index contributed by atoms with van der Waals surface area (Å²) in [5, 5.41) is 2.98. The highest BCUT2D eigenvalue weighted by Gasteiger charge is 2.18. The molecule has 0 bridgehead atoms. The molecule has 0 fully saturated rings. The second-order valence-electron chi connectivity index (χ2n) is 7.50. The molecule has 0 atom stereocenters. The van der Waals surface area contributed by atoms with Crippen LogP contribution in [-0.4, -0.2) is 38.8 Å². The van der Waals surface area contributed by atoms with E-state index < -0.39 is 0 Å². The van der Waals surface area contributed by atoms with E-state index in [9.17, 15) is 4.79 Å². The quantitative estimate of drug-likeness (QED) is 0.380. The highest BCUT2D eigenvalue weighted by molar-refractivity contribution is 6.00. The molecule has 4 aromatic rings. The normalized spacial score (nSPS) is 10.6. The molecule has 0 spiro atoms. The van der Waals surface area contributed by atoms with Crippen LogP contribution in [0.15, 0.2) is 77.3 Å². The van der Waals surface area contributed by atoms with Crippen molar-refractivity contribution < 1.29 is 23.4 Å². The minimum atomic E-state index is -0.189. The Morgan fingerprint density at radius 3 is 2.35 bits per heavy atom. The number of oxazole rings is 1. The third-order valence-electron chi connectivity index (χ3n) is 5.44. The molecule has 1 heterocycles. The zero-order chi connectivity index (χ0) is 23.9. The van der Waals surface area contributed by atoms with Crippen molar-refractivity contribution in [2.45, 2.75) is 6.42 Å². The number of rotatable bonds is 9. The number of nitrogens with zero attached hydrogens (tertiary/aromatic N) is 1. The Kier molecular flexibility index (Phi) is 7.13. The lowest BCUT2D eigenvalue weighted by atomic mass is 10.1. The van der Waals surface area contributed by atoms with Crippen molar-refractivity contribution in [1.29, 1.82) is 0 Å². The number of ether oxygens (including phenoxy) is 3. The van der Waals surface area contributed by atoms with Gasteiger partial charge in [0.05, 0.1) is 38.7 Å². The van der Waals surface area contributed by atoms with E-state index in [2.05, 4.69) is 10.3 Å². The van der Waals surface area contributed by atoms with Gasteiger partial charge < -0.3 is 23.9 Å². The summed E-state index contributed by atoms with van der Waals surface area (Å²) < 4.78 is 21.9. The molecule has 174 valence electrons. The second-order valence-corrected chi connectivity index (χ2v) is 7.50. The number of aromatic nitrogens is 1. The van der Waals surface area contributed by atoms with E-state index in [0.717, 1.165) is 16.9 Å². The minimum absolute atomic E-state index is 0.189. The average Bonchev–Trinajstić information content (AvgIpc) is 3.38. The summed E-state index contributed by atoms with van der Waals surface area (Å²) >= 11 is 0. The Hall–Kier alpha value is -4.26. The zero-order valence-corrected chi connectivity index (χ0v) is 19.3. The van der Waals surface area contributed by atoms with Crippen molar-refractivity contribution in [2.24, 2.45) is 0 Å². The summed E-state index contributed by atoms with van der Waals surface area (Å²) in [6.07, 6.45) is 2.33. The Morgan fingerprint density at radius 1 is 0.882 bits per heavy atom.